The molecule has 11 heteroatoms. The summed E-state index contributed by atoms with van der Waals surface area (Å²) in [5.74, 6) is -1.26. The second-order valence-electron chi connectivity index (χ2n) is 8.54. The molecular weight excluding hydrogens is 600 g/mol. The molecule has 1 heterocycles. The van der Waals surface area contributed by atoms with Crippen LogP contribution in [0.15, 0.2) is 92.4 Å². The number of thioether (sulfide) groups is 1. The summed E-state index contributed by atoms with van der Waals surface area (Å²) < 4.78 is 11.8. The number of aliphatic imine (C=N–C) groups is 1. The quantitative estimate of drug-likeness (QED) is 0.162. The highest BCUT2D eigenvalue weighted by Gasteiger charge is 2.34. The number of hydrogen-bond donors (Lipinski definition) is 1. The van der Waals surface area contributed by atoms with Crippen LogP contribution in [0.4, 0.5) is 5.69 Å². The van der Waals surface area contributed by atoms with Gasteiger partial charge < -0.3 is 14.6 Å². The minimum Gasteiger partial charge on any atom is -0.506 e. The van der Waals surface area contributed by atoms with Crippen LogP contribution in [0, 0.1) is 17.0 Å². The Balaban J connectivity index is 1.66. The molecule has 4 rings (SSSR count). The Morgan fingerprint density at radius 3 is 2.45 bits per heavy atom. The number of amides is 1. The number of nitro groups is 1. The summed E-state index contributed by atoms with van der Waals surface area (Å²) in [5, 5.41) is 22.0. The van der Waals surface area contributed by atoms with Crippen molar-refractivity contribution in [3.8, 4) is 5.75 Å². The van der Waals surface area contributed by atoms with Gasteiger partial charge in [-0.3, -0.25) is 14.9 Å². The number of carbonyl (C=O) groups is 2. The van der Waals surface area contributed by atoms with Crippen LogP contribution in [0.25, 0.3) is 6.08 Å². The molecule has 0 bridgehead atoms. The van der Waals surface area contributed by atoms with E-state index in [9.17, 15) is 24.8 Å². The molecule has 1 N–H and O–H groups in total. The Labute approximate surface area is 242 Å². The van der Waals surface area contributed by atoms with Gasteiger partial charge in [0.1, 0.15) is 28.7 Å². The van der Waals surface area contributed by atoms with Gasteiger partial charge in [0.05, 0.1) is 16.4 Å². The second kappa shape index (κ2) is 12.8. The van der Waals surface area contributed by atoms with E-state index >= 15 is 0 Å². The maximum Gasteiger partial charge on any atom is 0.344 e. The van der Waals surface area contributed by atoms with E-state index in [0.29, 0.717) is 16.9 Å². The van der Waals surface area contributed by atoms with Crippen LogP contribution in [-0.4, -0.2) is 33.6 Å². The third-order valence-corrected chi connectivity index (χ3v) is 7.18. The zero-order valence-corrected chi connectivity index (χ0v) is 23.8. The number of non-ortho nitro benzene ring substituents is 1. The molecule has 9 nitrogen and oxygen atoms in total. The van der Waals surface area contributed by atoms with Gasteiger partial charge in [-0.25, -0.2) is 9.79 Å². The monoisotopic (exact) mass is 622 g/mol. The van der Waals surface area contributed by atoms with Crippen molar-refractivity contribution in [2.75, 3.05) is 6.61 Å². The van der Waals surface area contributed by atoms with Crippen molar-refractivity contribution in [1.82, 2.24) is 0 Å². The molecule has 0 aromatic heterocycles. The molecule has 0 aliphatic carbocycles. The first-order chi connectivity index (χ1) is 19.2. The Bertz CT molecular complexity index is 1560. The largest absolute Gasteiger partial charge is 0.506 e. The van der Waals surface area contributed by atoms with E-state index in [1.165, 1.54) is 12.1 Å². The maximum absolute atomic E-state index is 12.8. The smallest absolute Gasteiger partial charge is 0.344 e. The molecule has 1 amide bonds. The number of aliphatic hydroxyl groups excluding tert-OH is 1. The molecule has 0 spiro atoms. The van der Waals surface area contributed by atoms with Crippen molar-refractivity contribution in [1.29, 1.82) is 0 Å². The number of carbonyl (C=O) groups excluding carboxylic acids is 2. The number of esters is 1. The molecule has 0 radical (unpaired) electrons. The lowest BCUT2D eigenvalue weighted by Crippen LogP contribution is -2.14. The molecule has 1 aliphatic rings. The van der Waals surface area contributed by atoms with Crippen molar-refractivity contribution < 1.29 is 29.1 Å². The first-order valence-electron chi connectivity index (χ1n) is 12.0. The lowest BCUT2D eigenvalue weighted by Gasteiger charge is -2.11. The van der Waals surface area contributed by atoms with Gasteiger partial charge in [-0.15, -0.1) is 0 Å². The second-order valence-corrected chi connectivity index (χ2v) is 10.5. The molecule has 3 aromatic rings. The summed E-state index contributed by atoms with van der Waals surface area (Å²) >= 11 is 4.40. The van der Waals surface area contributed by atoms with Gasteiger partial charge in [0.25, 0.3) is 11.6 Å². The SMILES string of the molecule is CCOC(=O)C1=C(O)/C(=C/c2cc(Br)ccc2OCc2ccc([N+](=O)[O-])cc2)SC1=NC(=O)c1ccc(C)cc1. The fraction of sp³-hybridized carbons (Fsp3) is 0.138. The van der Waals surface area contributed by atoms with Crippen LogP contribution in [0.1, 0.15) is 34.0 Å². The van der Waals surface area contributed by atoms with E-state index in [0.717, 1.165) is 27.4 Å². The molecule has 0 atom stereocenters. The third-order valence-electron chi connectivity index (χ3n) is 5.67. The highest BCUT2D eigenvalue weighted by molar-refractivity contribution is 9.10. The number of ether oxygens (including phenoxy) is 2. The number of aliphatic hydroxyl groups is 1. The highest BCUT2D eigenvalue weighted by Crippen LogP contribution is 2.40. The van der Waals surface area contributed by atoms with E-state index in [1.54, 1.807) is 67.6 Å². The number of nitro benzene ring substituents is 1. The van der Waals surface area contributed by atoms with Crippen molar-refractivity contribution in [2.45, 2.75) is 20.5 Å². The number of benzene rings is 3. The lowest BCUT2D eigenvalue weighted by molar-refractivity contribution is -0.384. The Kier molecular flexibility index (Phi) is 9.18. The van der Waals surface area contributed by atoms with Gasteiger partial charge in [0, 0.05) is 27.7 Å². The van der Waals surface area contributed by atoms with Gasteiger partial charge in [-0.2, -0.15) is 0 Å². The summed E-state index contributed by atoms with van der Waals surface area (Å²) in [4.78, 5) is 40.4. The van der Waals surface area contributed by atoms with Crippen LogP contribution in [0.5, 0.6) is 5.75 Å². The summed E-state index contributed by atoms with van der Waals surface area (Å²) in [5.41, 5.74) is 2.40. The summed E-state index contributed by atoms with van der Waals surface area (Å²) in [7, 11) is 0. The van der Waals surface area contributed by atoms with Gasteiger partial charge in [0.2, 0.25) is 0 Å². The Morgan fingerprint density at radius 1 is 1.10 bits per heavy atom. The zero-order chi connectivity index (χ0) is 28.8. The van der Waals surface area contributed by atoms with E-state index in [-0.39, 0.29) is 40.2 Å². The molecule has 204 valence electrons. The van der Waals surface area contributed by atoms with Gasteiger partial charge in [0.15, 0.2) is 0 Å². The molecule has 0 unspecified atom stereocenters. The molecule has 40 heavy (non-hydrogen) atoms. The van der Waals surface area contributed by atoms with Crippen LogP contribution in [-0.2, 0) is 16.1 Å². The average molecular weight is 623 g/mol. The maximum atomic E-state index is 12.8. The topological polar surface area (TPSA) is 128 Å². The molecule has 0 fully saturated rings. The summed E-state index contributed by atoms with van der Waals surface area (Å²) in [6.45, 7) is 3.75. The van der Waals surface area contributed by atoms with Crippen molar-refractivity contribution in [3.63, 3.8) is 0 Å². The predicted molar refractivity (Wildman–Crippen MR) is 156 cm³/mol. The minimum atomic E-state index is -0.796. The predicted octanol–water partition coefficient (Wildman–Crippen LogP) is 6.95. The Morgan fingerprint density at radius 2 is 1.80 bits per heavy atom. The van der Waals surface area contributed by atoms with Crippen LogP contribution in [0.2, 0.25) is 0 Å². The van der Waals surface area contributed by atoms with Gasteiger partial charge >= 0.3 is 5.97 Å². The summed E-state index contributed by atoms with van der Waals surface area (Å²) in [6.07, 6.45) is 1.62. The van der Waals surface area contributed by atoms with E-state index in [1.807, 2.05) is 6.92 Å². The lowest BCUT2D eigenvalue weighted by atomic mass is 10.1. The molecule has 0 saturated heterocycles. The molecule has 1 aliphatic heterocycles. The minimum absolute atomic E-state index is 0.0194. The van der Waals surface area contributed by atoms with E-state index in [4.69, 9.17) is 9.47 Å². The number of halogens is 1. The van der Waals surface area contributed by atoms with E-state index in [2.05, 4.69) is 20.9 Å². The summed E-state index contributed by atoms with van der Waals surface area (Å²) in [6, 6.07) is 18.1. The highest BCUT2D eigenvalue weighted by atomic mass is 79.9. The number of nitrogens with zero attached hydrogens (tertiary/aromatic N) is 2. The van der Waals surface area contributed by atoms with Crippen molar-refractivity contribution in [3.05, 3.63) is 120 Å². The third kappa shape index (κ3) is 6.85. The molecular formula is C29H23BrN2O7S. The normalized spacial score (nSPS) is 15.0. The number of aryl methyl sites for hydroxylation is 1. The van der Waals surface area contributed by atoms with Gasteiger partial charge in [-0.1, -0.05) is 45.4 Å². The van der Waals surface area contributed by atoms with Crippen LogP contribution >= 0.6 is 27.7 Å². The number of hydrogen-bond acceptors (Lipinski definition) is 8. The van der Waals surface area contributed by atoms with Crippen molar-refractivity contribution in [2.24, 2.45) is 4.99 Å². The average Bonchev–Trinajstić information content (AvgIpc) is 3.23. The van der Waals surface area contributed by atoms with Crippen LogP contribution in [0.3, 0.4) is 0 Å². The Hall–Kier alpha value is -4.22. The van der Waals surface area contributed by atoms with Gasteiger partial charge in [-0.05, 0) is 68.0 Å². The first-order valence-corrected chi connectivity index (χ1v) is 13.6. The molecule has 3 aromatic carbocycles. The van der Waals surface area contributed by atoms with Crippen molar-refractivity contribution >= 4 is 56.4 Å². The fourth-order valence-electron chi connectivity index (χ4n) is 3.62. The van der Waals surface area contributed by atoms with Crippen LogP contribution < -0.4 is 4.74 Å². The number of rotatable bonds is 8. The molecule has 0 saturated carbocycles. The first kappa shape index (κ1) is 28.8. The standard InChI is InChI=1S/C29H23BrN2O7S/c1-3-38-29(35)25-26(33)24(40-28(25)31-27(34)19-8-4-17(2)5-9-19)15-20-14-21(30)10-13-23(20)39-16-18-6-11-22(12-7-18)32(36)37/h4-15,33H,3,16H2,1-2H3/b24-15-,31-28?. The zero-order valence-electron chi connectivity index (χ0n) is 21.4. The fourth-order valence-corrected chi connectivity index (χ4v) is 5.01. The van der Waals surface area contributed by atoms with E-state index < -0.39 is 16.8 Å².